The van der Waals surface area contributed by atoms with Gasteiger partial charge in [-0.1, -0.05) is 12.1 Å². The number of anilines is 1. The summed E-state index contributed by atoms with van der Waals surface area (Å²) in [6.45, 7) is 4.96. The van der Waals surface area contributed by atoms with Crippen molar-refractivity contribution in [1.82, 2.24) is 9.88 Å². The molecule has 5 nitrogen and oxygen atoms in total. The Morgan fingerprint density at radius 1 is 1.18 bits per heavy atom. The first-order valence-corrected chi connectivity index (χ1v) is 7.39. The first-order chi connectivity index (χ1) is 10.6. The third kappa shape index (κ3) is 2.88. The number of carbonyl (C=O) groups is 1. The van der Waals surface area contributed by atoms with Crippen LogP contribution in [-0.4, -0.2) is 47.1 Å². The van der Waals surface area contributed by atoms with Crippen molar-refractivity contribution in [1.29, 1.82) is 0 Å². The average molecular weight is 297 g/mol. The second-order valence-corrected chi connectivity index (χ2v) is 5.51. The molecule has 0 aliphatic carbocycles. The van der Waals surface area contributed by atoms with Crippen molar-refractivity contribution in [3.05, 3.63) is 53.9 Å². The molecule has 1 aliphatic heterocycles. The predicted octanol–water partition coefficient (Wildman–Crippen LogP) is 2.06. The summed E-state index contributed by atoms with van der Waals surface area (Å²) in [7, 11) is 0. The highest BCUT2D eigenvalue weighted by atomic mass is 16.3. The molecule has 0 radical (unpaired) electrons. The fraction of sp³-hybridized carbons (Fsp3) is 0.294. The van der Waals surface area contributed by atoms with Crippen molar-refractivity contribution < 1.29 is 9.90 Å². The second-order valence-electron chi connectivity index (χ2n) is 5.51. The van der Waals surface area contributed by atoms with Crippen LogP contribution < -0.4 is 4.90 Å². The molecule has 0 atom stereocenters. The minimum Gasteiger partial charge on any atom is -0.505 e. The molecule has 1 fully saturated rings. The van der Waals surface area contributed by atoms with Gasteiger partial charge in [-0.2, -0.15) is 0 Å². The van der Waals surface area contributed by atoms with Crippen molar-refractivity contribution in [2.75, 3.05) is 31.1 Å². The van der Waals surface area contributed by atoms with Gasteiger partial charge in [0.2, 0.25) is 0 Å². The molecular weight excluding hydrogens is 278 g/mol. The number of piperazine rings is 1. The molecule has 0 spiro atoms. The van der Waals surface area contributed by atoms with E-state index in [1.807, 2.05) is 0 Å². The van der Waals surface area contributed by atoms with Gasteiger partial charge in [-0.3, -0.25) is 9.78 Å². The van der Waals surface area contributed by atoms with Gasteiger partial charge >= 0.3 is 0 Å². The molecule has 1 aliphatic rings. The monoisotopic (exact) mass is 297 g/mol. The van der Waals surface area contributed by atoms with Gasteiger partial charge in [-0.25, -0.2) is 0 Å². The van der Waals surface area contributed by atoms with Crippen molar-refractivity contribution in [2.24, 2.45) is 0 Å². The molecule has 2 aromatic rings. The lowest BCUT2D eigenvalue weighted by atomic mass is 10.1. The lowest BCUT2D eigenvalue weighted by Crippen LogP contribution is -2.48. The van der Waals surface area contributed by atoms with Crippen LogP contribution >= 0.6 is 0 Å². The predicted molar refractivity (Wildman–Crippen MR) is 85.2 cm³/mol. The van der Waals surface area contributed by atoms with Crippen LogP contribution in [0.3, 0.4) is 0 Å². The molecule has 5 heteroatoms. The number of benzene rings is 1. The molecule has 0 saturated carbocycles. The van der Waals surface area contributed by atoms with Gasteiger partial charge < -0.3 is 14.9 Å². The van der Waals surface area contributed by atoms with Crippen LogP contribution in [0.1, 0.15) is 15.9 Å². The van der Waals surface area contributed by atoms with Gasteiger partial charge in [0.15, 0.2) is 0 Å². The molecule has 1 amide bonds. The molecule has 1 N–H and O–H groups in total. The third-order valence-electron chi connectivity index (χ3n) is 3.96. The zero-order valence-corrected chi connectivity index (χ0v) is 12.6. The average Bonchev–Trinajstić information content (AvgIpc) is 2.55. The molecule has 22 heavy (non-hydrogen) atoms. The summed E-state index contributed by atoms with van der Waals surface area (Å²) >= 11 is 0. The van der Waals surface area contributed by atoms with E-state index < -0.39 is 0 Å². The summed E-state index contributed by atoms with van der Waals surface area (Å²) in [6, 6.07) is 9.95. The molecule has 2 heterocycles. The molecule has 1 aromatic carbocycles. The smallest absolute Gasteiger partial charge is 0.257 e. The van der Waals surface area contributed by atoms with Gasteiger partial charge in [0.25, 0.3) is 5.91 Å². The van der Waals surface area contributed by atoms with Gasteiger partial charge in [-0.05, 0) is 30.7 Å². The Labute approximate surface area is 129 Å². The number of pyridine rings is 1. The van der Waals surface area contributed by atoms with E-state index in [-0.39, 0.29) is 11.7 Å². The Balaban J connectivity index is 1.67. The van der Waals surface area contributed by atoms with E-state index in [4.69, 9.17) is 0 Å². The minimum absolute atomic E-state index is 0.0615. The van der Waals surface area contributed by atoms with E-state index >= 15 is 0 Å². The number of aromatic nitrogens is 1. The second kappa shape index (κ2) is 6.05. The standard InChI is InChI=1S/C17H19N3O2/c1-13-3-2-4-14(11-13)19-7-9-20(10-8-19)17(22)15-5-6-18-12-16(15)21/h2-6,11-12,21H,7-10H2,1H3. The van der Waals surface area contributed by atoms with E-state index in [0.29, 0.717) is 18.7 Å². The topological polar surface area (TPSA) is 56.7 Å². The number of amides is 1. The van der Waals surface area contributed by atoms with Crippen LogP contribution in [0.5, 0.6) is 5.75 Å². The number of aromatic hydroxyl groups is 1. The van der Waals surface area contributed by atoms with Gasteiger partial charge in [0, 0.05) is 38.1 Å². The number of rotatable bonds is 2. The molecule has 3 rings (SSSR count). The summed E-state index contributed by atoms with van der Waals surface area (Å²) < 4.78 is 0. The highest BCUT2D eigenvalue weighted by molar-refractivity contribution is 5.96. The van der Waals surface area contributed by atoms with Crippen LogP contribution in [-0.2, 0) is 0 Å². The number of nitrogens with zero attached hydrogens (tertiary/aromatic N) is 3. The van der Waals surface area contributed by atoms with Crippen molar-refractivity contribution in [3.63, 3.8) is 0 Å². The SMILES string of the molecule is Cc1cccc(N2CCN(C(=O)c3ccncc3O)CC2)c1. The number of hydrogen-bond donors (Lipinski definition) is 1. The Kier molecular flexibility index (Phi) is 3.96. The number of aryl methyl sites for hydroxylation is 1. The largest absolute Gasteiger partial charge is 0.505 e. The summed E-state index contributed by atoms with van der Waals surface area (Å²) in [5.74, 6) is -0.197. The normalized spacial score (nSPS) is 15.0. The van der Waals surface area contributed by atoms with Gasteiger partial charge in [-0.15, -0.1) is 0 Å². The van der Waals surface area contributed by atoms with E-state index in [9.17, 15) is 9.90 Å². The van der Waals surface area contributed by atoms with Crippen LogP contribution in [0.25, 0.3) is 0 Å². The first-order valence-electron chi connectivity index (χ1n) is 7.39. The Bertz CT molecular complexity index is 679. The van der Waals surface area contributed by atoms with Crippen molar-refractivity contribution in [3.8, 4) is 5.75 Å². The van der Waals surface area contributed by atoms with Crippen LogP contribution in [0.2, 0.25) is 0 Å². The van der Waals surface area contributed by atoms with Crippen LogP contribution in [0.15, 0.2) is 42.7 Å². The highest BCUT2D eigenvalue weighted by Crippen LogP contribution is 2.20. The summed E-state index contributed by atoms with van der Waals surface area (Å²) in [5.41, 5.74) is 2.75. The highest BCUT2D eigenvalue weighted by Gasteiger charge is 2.24. The maximum absolute atomic E-state index is 12.4. The third-order valence-corrected chi connectivity index (χ3v) is 3.96. The Hall–Kier alpha value is -2.56. The van der Waals surface area contributed by atoms with Crippen LogP contribution in [0.4, 0.5) is 5.69 Å². The first kappa shape index (κ1) is 14.4. The van der Waals surface area contributed by atoms with Crippen molar-refractivity contribution >= 4 is 11.6 Å². The maximum Gasteiger partial charge on any atom is 0.257 e. The van der Waals surface area contributed by atoms with Gasteiger partial charge in [0.1, 0.15) is 5.75 Å². The Morgan fingerprint density at radius 3 is 2.64 bits per heavy atom. The summed E-state index contributed by atoms with van der Waals surface area (Å²) in [6.07, 6.45) is 2.83. The van der Waals surface area contributed by atoms with Crippen molar-refractivity contribution in [2.45, 2.75) is 6.92 Å². The van der Waals surface area contributed by atoms with Gasteiger partial charge in [0.05, 0.1) is 11.8 Å². The van der Waals surface area contributed by atoms with E-state index in [2.05, 4.69) is 41.1 Å². The van der Waals surface area contributed by atoms with E-state index in [1.165, 1.54) is 23.6 Å². The molecule has 114 valence electrons. The summed E-state index contributed by atoms with van der Waals surface area (Å²) in [5, 5.41) is 9.75. The quantitative estimate of drug-likeness (QED) is 0.922. The number of carbonyl (C=O) groups excluding carboxylic acids is 1. The summed E-state index contributed by atoms with van der Waals surface area (Å²) in [4.78, 5) is 20.3. The van der Waals surface area contributed by atoms with E-state index in [0.717, 1.165) is 13.1 Å². The molecular formula is C17H19N3O2. The minimum atomic E-state index is -0.135. The lowest BCUT2D eigenvalue weighted by Gasteiger charge is -2.36. The molecule has 1 aromatic heterocycles. The fourth-order valence-electron chi connectivity index (χ4n) is 2.73. The lowest BCUT2D eigenvalue weighted by molar-refractivity contribution is 0.0743. The molecule has 0 bridgehead atoms. The molecule has 0 unspecified atom stereocenters. The molecule has 1 saturated heterocycles. The maximum atomic E-state index is 12.4. The van der Waals surface area contributed by atoms with Crippen LogP contribution in [0, 0.1) is 6.92 Å². The van der Waals surface area contributed by atoms with E-state index in [1.54, 1.807) is 11.0 Å². The zero-order chi connectivity index (χ0) is 15.5. The number of hydrogen-bond acceptors (Lipinski definition) is 4. The zero-order valence-electron chi connectivity index (χ0n) is 12.6. The Morgan fingerprint density at radius 2 is 1.95 bits per heavy atom. The fourth-order valence-corrected chi connectivity index (χ4v) is 2.73.